The monoisotopic (exact) mass is 285 g/mol. The van der Waals surface area contributed by atoms with Crippen molar-refractivity contribution in [3.8, 4) is 5.75 Å². The molecule has 1 N–H and O–H groups in total. The van der Waals surface area contributed by atoms with Crippen molar-refractivity contribution in [2.24, 2.45) is 0 Å². The van der Waals surface area contributed by atoms with E-state index in [1.165, 1.54) is 16.7 Å². The Bertz CT molecular complexity index is 606. The number of ether oxygens (including phenoxy) is 1. The lowest BCUT2D eigenvalue weighted by molar-refractivity contribution is 0.356. The molecule has 2 aromatic rings. The van der Waals surface area contributed by atoms with Crippen molar-refractivity contribution < 1.29 is 4.74 Å². The second kappa shape index (κ2) is 6.31. The van der Waals surface area contributed by atoms with Gasteiger partial charge in [0.25, 0.3) is 0 Å². The van der Waals surface area contributed by atoms with Crippen molar-refractivity contribution in [2.75, 3.05) is 13.2 Å². The van der Waals surface area contributed by atoms with Crippen LogP contribution in [0, 0.1) is 0 Å². The summed E-state index contributed by atoms with van der Waals surface area (Å²) in [7, 11) is 0. The van der Waals surface area contributed by atoms with Gasteiger partial charge in [0, 0.05) is 25.2 Å². The van der Waals surface area contributed by atoms with Crippen molar-refractivity contribution in [3.05, 3.63) is 47.3 Å². The molecule has 4 nitrogen and oxygen atoms in total. The molecule has 0 saturated heterocycles. The van der Waals surface area contributed by atoms with Crippen LogP contribution in [0.25, 0.3) is 0 Å². The standard InChI is InChI=1S/C17H23N3O/c1-3-18-16(9-13-11-19-20(4-2)12-13)14-5-6-17-15(10-14)7-8-21-17/h5-6,10-12,16,18H,3-4,7-9H2,1-2H3. The third kappa shape index (κ3) is 3.10. The molecule has 1 aliphatic heterocycles. The van der Waals surface area contributed by atoms with Gasteiger partial charge in [-0.1, -0.05) is 19.1 Å². The first kappa shape index (κ1) is 14.1. The van der Waals surface area contributed by atoms with E-state index in [-0.39, 0.29) is 0 Å². The zero-order valence-electron chi connectivity index (χ0n) is 12.8. The highest BCUT2D eigenvalue weighted by Gasteiger charge is 2.17. The van der Waals surface area contributed by atoms with Gasteiger partial charge in [0.1, 0.15) is 5.75 Å². The molecule has 21 heavy (non-hydrogen) atoms. The van der Waals surface area contributed by atoms with Crippen LogP contribution in [0.2, 0.25) is 0 Å². The number of nitrogens with zero attached hydrogens (tertiary/aromatic N) is 2. The minimum atomic E-state index is 0.329. The highest BCUT2D eigenvalue weighted by molar-refractivity contribution is 5.41. The highest BCUT2D eigenvalue weighted by atomic mass is 16.5. The lowest BCUT2D eigenvalue weighted by atomic mass is 9.98. The van der Waals surface area contributed by atoms with Gasteiger partial charge < -0.3 is 10.1 Å². The predicted molar refractivity (Wildman–Crippen MR) is 83.7 cm³/mol. The quantitative estimate of drug-likeness (QED) is 0.887. The minimum absolute atomic E-state index is 0.329. The second-order valence-corrected chi connectivity index (χ2v) is 5.48. The van der Waals surface area contributed by atoms with Crippen LogP contribution >= 0.6 is 0 Å². The van der Waals surface area contributed by atoms with Crippen LogP contribution in [0.5, 0.6) is 5.75 Å². The number of hydrogen-bond acceptors (Lipinski definition) is 3. The Labute approximate surface area is 126 Å². The van der Waals surface area contributed by atoms with Crippen LogP contribution in [-0.2, 0) is 19.4 Å². The summed E-state index contributed by atoms with van der Waals surface area (Å²) in [5.74, 6) is 1.05. The van der Waals surface area contributed by atoms with Crippen LogP contribution < -0.4 is 10.1 Å². The van der Waals surface area contributed by atoms with E-state index in [4.69, 9.17) is 4.74 Å². The number of aryl methyl sites for hydroxylation is 1. The number of nitrogens with one attached hydrogen (secondary N) is 1. The van der Waals surface area contributed by atoms with Gasteiger partial charge >= 0.3 is 0 Å². The lowest BCUT2D eigenvalue weighted by Gasteiger charge is -2.18. The first-order valence-electron chi connectivity index (χ1n) is 7.80. The molecule has 0 aliphatic carbocycles. The van der Waals surface area contributed by atoms with E-state index in [2.05, 4.69) is 48.7 Å². The Morgan fingerprint density at radius 1 is 1.38 bits per heavy atom. The number of hydrogen-bond donors (Lipinski definition) is 1. The number of likely N-dealkylation sites (N-methyl/N-ethyl adjacent to an activating group) is 1. The smallest absolute Gasteiger partial charge is 0.122 e. The van der Waals surface area contributed by atoms with Crippen LogP contribution in [0.1, 0.15) is 36.6 Å². The summed E-state index contributed by atoms with van der Waals surface area (Å²) in [5.41, 5.74) is 3.95. The minimum Gasteiger partial charge on any atom is -0.493 e. The summed E-state index contributed by atoms with van der Waals surface area (Å²) >= 11 is 0. The first-order valence-corrected chi connectivity index (χ1v) is 7.80. The molecule has 0 saturated carbocycles. The van der Waals surface area contributed by atoms with Gasteiger partial charge in [0.15, 0.2) is 0 Å². The van der Waals surface area contributed by atoms with E-state index in [0.29, 0.717) is 6.04 Å². The fraction of sp³-hybridized carbons (Fsp3) is 0.471. The van der Waals surface area contributed by atoms with E-state index in [1.54, 1.807) is 0 Å². The lowest BCUT2D eigenvalue weighted by Crippen LogP contribution is -2.22. The molecule has 1 aromatic carbocycles. The zero-order chi connectivity index (χ0) is 14.7. The molecule has 0 fully saturated rings. The summed E-state index contributed by atoms with van der Waals surface area (Å²) in [6.07, 6.45) is 6.11. The van der Waals surface area contributed by atoms with Crippen molar-refractivity contribution in [3.63, 3.8) is 0 Å². The molecule has 0 bridgehead atoms. The summed E-state index contributed by atoms with van der Waals surface area (Å²) in [6, 6.07) is 6.91. The van der Waals surface area contributed by atoms with Crippen LogP contribution in [0.4, 0.5) is 0 Å². The average molecular weight is 285 g/mol. The van der Waals surface area contributed by atoms with Crippen molar-refractivity contribution in [2.45, 2.75) is 39.3 Å². The van der Waals surface area contributed by atoms with E-state index >= 15 is 0 Å². The molecule has 112 valence electrons. The van der Waals surface area contributed by atoms with E-state index in [0.717, 1.165) is 38.3 Å². The third-order valence-electron chi connectivity index (χ3n) is 4.02. The summed E-state index contributed by atoms with van der Waals surface area (Å²) in [4.78, 5) is 0. The maximum absolute atomic E-state index is 5.60. The Hall–Kier alpha value is -1.81. The molecule has 2 heterocycles. The molecular formula is C17H23N3O. The van der Waals surface area contributed by atoms with Gasteiger partial charge in [0.2, 0.25) is 0 Å². The van der Waals surface area contributed by atoms with Gasteiger partial charge in [-0.15, -0.1) is 0 Å². The maximum atomic E-state index is 5.60. The third-order valence-corrected chi connectivity index (χ3v) is 4.02. The van der Waals surface area contributed by atoms with Crippen molar-refractivity contribution in [1.29, 1.82) is 0 Å². The normalized spacial score (nSPS) is 14.8. The number of benzene rings is 1. The molecule has 3 rings (SSSR count). The fourth-order valence-electron chi connectivity index (χ4n) is 2.90. The molecule has 1 aliphatic rings. The fourth-order valence-corrected chi connectivity index (χ4v) is 2.90. The summed E-state index contributed by atoms with van der Waals surface area (Å²) < 4.78 is 7.58. The second-order valence-electron chi connectivity index (χ2n) is 5.48. The molecule has 4 heteroatoms. The van der Waals surface area contributed by atoms with Crippen molar-refractivity contribution in [1.82, 2.24) is 15.1 Å². The Balaban J connectivity index is 1.80. The largest absolute Gasteiger partial charge is 0.493 e. The average Bonchev–Trinajstić information content (AvgIpc) is 3.14. The molecule has 0 spiro atoms. The molecule has 0 radical (unpaired) electrons. The van der Waals surface area contributed by atoms with Gasteiger partial charge in [-0.05, 0) is 42.6 Å². The van der Waals surface area contributed by atoms with Crippen LogP contribution in [-0.4, -0.2) is 22.9 Å². The topological polar surface area (TPSA) is 39.1 Å². The van der Waals surface area contributed by atoms with E-state index in [1.807, 2.05) is 10.9 Å². The predicted octanol–water partition coefficient (Wildman–Crippen LogP) is 2.73. The molecule has 0 amide bonds. The Morgan fingerprint density at radius 3 is 3.05 bits per heavy atom. The maximum Gasteiger partial charge on any atom is 0.122 e. The van der Waals surface area contributed by atoms with Gasteiger partial charge in [0.05, 0.1) is 12.8 Å². The van der Waals surface area contributed by atoms with E-state index in [9.17, 15) is 0 Å². The van der Waals surface area contributed by atoms with Crippen molar-refractivity contribution >= 4 is 0 Å². The van der Waals surface area contributed by atoms with Gasteiger partial charge in [-0.25, -0.2) is 0 Å². The van der Waals surface area contributed by atoms with Crippen LogP contribution in [0.15, 0.2) is 30.6 Å². The Kier molecular flexibility index (Phi) is 4.25. The zero-order valence-corrected chi connectivity index (χ0v) is 12.8. The molecule has 1 atom stereocenters. The SMILES string of the molecule is CCNC(Cc1cnn(CC)c1)c1ccc2c(c1)CCO2. The summed E-state index contributed by atoms with van der Waals surface area (Å²) in [6.45, 7) is 6.95. The number of fused-ring (bicyclic) bond motifs is 1. The van der Waals surface area contributed by atoms with Gasteiger partial charge in [-0.2, -0.15) is 5.10 Å². The first-order chi connectivity index (χ1) is 10.3. The Morgan fingerprint density at radius 2 is 2.29 bits per heavy atom. The van der Waals surface area contributed by atoms with Gasteiger partial charge in [-0.3, -0.25) is 4.68 Å². The number of rotatable bonds is 6. The molecule has 1 unspecified atom stereocenters. The number of aromatic nitrogens is 2. The molecule has 1 aromatic heterocycles. The van der Waals surface area contributed by atoms with Crippen LogP contribution in [0.3, 0.4) is 0 Å². The van der Waals surface area contributed by atoms with E-state index < -0.39 is 0 Å². The molecular weight excluding hydrogens is 262 g/mol. The summed E-state index contributed by atoms with van der Waals surface area (Å²) in [5, 5.41) is 7.96. The highest BCUT2D eigenvalue weighted by Crippen LogP contribution is 2.29.